The fourth-order valence-electron chi connectivity index (χ4n) is 0.787. The number of nitrogens with zero attached hydrogens (tertiary/aromatic N) is 4. The van der Waals surface area contributed by atoms with Crippen molar-refractivity contribution in [3.63, 3.8) is 0 Å². The van der Waals surface area contributed by atoms with Gasteiger partial charge < -0.3 is 0 Å². The lowest BCUT2D eigenvalue weighted by Gasteiger charge is -1.89. The first-order valence-electron chi connectivity index (χ1n) is 2.79. The van der Waals surface area contributed by atoms with E-state index in [1.165, 1.54) is 12.5 Å². The van der Waals surface area contributed by atoms with Crippen molar-refractivity contribution in [3.8, 4) is 0 Å². The maximum absolute atomic E-state index is 5.71. The summed E-state index contributed by atoms with van der Waals surface area (Å²) in [6, 6.07) is 0. The first kappa shape index (κ1) is 6.82. The largest absolute Gasteiger partial charge is 0.224 e. The zero-order valence-corrected chi connectivity index (χ0v) is 6.71. The van der Waals surface area contributed by atoms with Gasteiger partial charge in [0.15, 0.2) is 5.65 Å². The highest BCUT2D eigenvalue weighted by Gasteiger charge is 2.05. The Morgan fingerprint density at radius 1 is 1.36 bits per heavy atom. The van der Waals surface area contributed by atoms with Crippen LogP contribution in [0.4, 0.5) is 0 Å². The molecule has 0 N–H and O–H groups in total. The zero-order valence-electron chi connectivity index (χ0n) is 5.20. The van der Waals surface area contributed by atoms with Crippen molar-refractivity contribution in [3.05, 3.63) is 17.7 Å². The summed E-state index contributed by atoms with van der Waals surface area (Å²) in [4.78, 5) is 7.64. The van der Waals surface area contributed by atoms with E-state index in [0.717, 1.165) is 4.20 Å². The van der Waals surface area contributed by atoms with Crippen LogP contribution in [0.3, 0.4) is 0 Å². The first-order valence-corrected chi connectivity index (χ1v) is 3.51. The Morgan fingerprint density at radius 3 is 2.91 bits per heavy atom. The van der Waals surface area contributed by atoms with Gasteiger partial charge in [-0.2, -0.15) is 9.30 Å². The standard InChI is InChI=1S/C5H2Cl2N4/c6-4-3-1-10-11(7)5(3)9-2-8-4/h1-2H. The van der Waals surface area contributed by atoms with Crippen LogP contribution in [0, 0.1) is 0 Å². The highest BCUT2D eigenvalue weighted by atomic mass is 35.5. The molecule has 2 heterocycles. The summed E-state index contributed by atoms with van der Waals surface area (Å²) in [5.41, 5.74) is 0.520. The number of rotatable bonds is 0. The van der Waals surface area contributed by atoms with Crippen LogP contribution in [-0.4, -0.2) is 19.3 Å². The molecule has 0 atom stereocenters. The van der Waals surface area contributed by atoms with Crippen molar-refractivity contribution >= 4 is 34.4 Å². The van der Waals surface area contributed by atoms with Gasteiger partial charge in [0.25, 0.3) is 0 Å². The molecule has 0 bridgehead atoms. The molecule has 0 aliphatic heterocycles. The second-order valence-corrected chi connectivity index (χ2v) is 2.58. The molecular weight excluding hydrogens is 187 g/mol. The van der Waals surface area contributed by atoms with Gasteiger partial charge in [-0.3, -0.25) is 0 Å². The van der Waals surface area contributed by atoms with E-state index in [2.05, 4.69) is 15.1 Å². The molecule has 0 saturated heterocycles. The Morgan fingerprint density at radius 2 is 2.18 bits per heavy atom. The van der Waals surface area contributed by atoms with Gasteiger partial charge in [-0.25, -0.2) is 9.97 Å². The van der Waals surface area contributed by atoms with Crippen molar-refractivity contribution in [2.75, 3.05) is 0 Å². The van der Waals surface area contributed by atoms with Crippen LogP contribution in [-0.2, 0) is 0 Å². The SMILES string of the molecule is Clc1ncnc2c1cnn2Cl. The van der Waals surface area contributed by atoms with E-state index >= 15 is 0 Å². The Hall–Kier alpha value is -0.870. The maximum Gasteiger partial charge on any atom is 0.180 e. The third kappa shape index (κ3) is 0.948. The summed E-state index contributed by atoms with van der Waals surface area (Å²) >= 11 is 11.3. The summed E-state index contributed by atoms with van der Waals surface area (Å²) in [6.45, 7) is 0. The molecule has 0 amide bonds. The van der Waals surface area contributed by atoms with E-state index in [0.29, 0.717) is 16.2 Å². The predicted octanol–water partition coefficient (Wildman–Crippen LogP) is 1.48. The molecule has 0 aromatic carbocycles. The average molecular weight is 189 g/mol. The topological polar surface area (TPSA) is 43.6 Å². The fraction of sp³-hybridized carbons (Fsp3) is 0. The van der Waals surface area contributed by atoms with E-state index in [1.807, 2.05) is 0 Å². The van der Waals surface area contributed by atoms with Gasteiger partial charge in [0, 0.05) is 11.8 Å². The lowest BCUT2D eigenvalue weighted by atomic mass is 10.4. The van der Waals surface area contributed by atoms with E-state index in [4.69, 9.17) is 23.4 Å². The smallest absolute Gasteiger partial charge is 0.180 e. The Balaban J connectivity index is 2.94. The molecule has 2 aromatic heterocycles. The molecule has 0 radical (unpaired) electrons. The monoisotopic (exact) mass is 188 g/mol. The Kier molecular flexibility index (Phi) is 1.44. The van der Waals surface area contributed by atoms with Crippen LogP contribution in [0.25, 0.3) is 11.0 Å². The van der Waals surface area contributed by atoms with Crippen molar-refractivity contribution < 1.29 is 0 Å². The molecule has 56 valence electrons. The van der Waals surface area contributed by atoms with Gasteiger partial charge in [-0.05, 0) is 0 Å². The molecule has 0 aliphatic rings. The molecule has 0 saturated carbocycles. The minimum atomic E-state index is 0.363. The van der Waals surface area contributed by atoms with Gasteiger partial charge in [0.1, 0.15) is 11.5 Å². The molecule has 0 aliphatic carbocycles. The number of aromatic nitrogens is 4. The van der Waals surface area contributed by atoms with Crippen molar-refractivity contribution in [2.24, 2.45) is 0 Å². The predicted molar refractivity (Wildman–Crippen MR) is 41.6 cm³/mol. The number of hydrogen-bond donors (Lipinski definition) is 0. The summed E-state index contributed by atoms with van der Waals surface area (Å²) in [5, 5.41) is 4.77. The molecule has 11 heavy (non-hydrogen) atoms. The molecule has 0 spiro atoms. The molecule has 2 rings (SSSR count). The number of halogens is 2. The van der Waals surface area contributed by atoms with Crippen molar-refractivity contribution in [2.45, 2.75) is 0 Å². The van der Waals surface area contributed by atoms with Crippen molar-refractivity contribution in [1.29, 1.82) is 0 Å². The molecule has 0 unspecified atom stereocenters. The van der Waals surface area contributed by atoms with Crippen LogP contribution in [0.2, 0.25) is 5.15 Å². The lowest BCUT2D eigenvalue weighted by molar-refractivity contribution is 1.00. The maximum atomic E-state index is 5.71. The number of hydrogen-bond acceptors (Lipinski definition) is 3. The third-order valence-electron chi connectivity index (χ3n) is 1.28. The zero-order chi connectivity index (χ0) is 7.84. The second kappa shape index (κ2) is 2.32. The quantitative estimate of drug-likeness (QED) is 0.589. The van der Waals surface area contributed by atoms with Gasteiger partial charge in [-0.1, -0.05) is 11.6 Å². The number of fused-ring (bicyclic) bond motifs is 1. The average Bonchev–Trinajstić information content (AvgIpc) is 2.35. The Labute approximate surface area is 71.9 Å². The molecular formula is C5H2Cl2N4. The third-order valence-corrected chi connectivity index (χ3v) is 1.83. The normalized spacial score (nSPS) is 10.7. The van der Waals surface area contributed by atoms with Gasteiger partial charge in [0.05, 0.1) is 11.6 Å². The lowest BCUT2D eigenvalue weighted by Crippen LogP contribution is -1.85. The highest BCUT2D eigenvalue weighted by molar-refractivity contribution is 6.34. The summed E-state index contributed by atoms with van der Waals surface area (Å²) < 4.78 is 1.13. The molecule has 4 nitrogen and oxygen atoms in total. The van der Waals surface area contributed by atoms with E-state index in [-0.39, 0.29) is 0 Å². The molecule has 0 fully saturated rings. The van der Waals surface area contributed by atoms with E-state index < -0.39 is 0 Å². The van der Waals surface area contributed by atoms with Gasteiger partial charge >= 0.3 is 0 Å². The fourth-order valence-corrected chi connectivity index (χ4v) is 1.14. The van der Waals surface area contributed by atoms with Crippen LogP contribution in [0.15, 0.2) is 12.5 Å². The van der Waals surface area contributed by atoms with Gasteiger partial charge in [0.2, 0.25) is 0 Å². The highest BCUT2D eigenvalue weighted by Crippen LogP contribution is 2.18. The van der Waals surface area contributed by atoms with E-state index in [1.54, 1.807) is 0 Å². The molecule has 2 aromatic rings. The van der Waals surface area contributed by atoms with E-state index in [9.17, 15) is 0 Å². The minimum absolute atomic E-state index is 0.363. The second-order valence-electron chi connectivity index (χ2n) is 1.91. The minimum Gasteiger partial charge on any atom is -0.224 e. The summed E-state index contributed by atoms with van der Waals surface area (Å²) in [6.07, 6.45) is 2.86. The summed E-state index contributed by atoms with van der Waals surface area (Å²) in [7, 11) is 0. The van der Waals surface area contributed by atoms with Gasteiger partial charge in [-0.15, -0.1) is 0 Å². The van der Waals surface area contributed by atoms with Crippen molar-refractivity contribution in [1.82, 2.24) is 19.3 Å². The summed E-state index contributed by atoms with van der Waals surface area (Å²) in [5.74, 6) is 0. The van der Waals surface area contributed by atoms with Crippen LogP contribution < -0.4 is 0 Å². The first-order chi connectivity index (χ1) is 5.29. The Bertz CT molecular complexity index is 396. The molecule has 6 heteroatoms. The van der Waals surface area contributed by atoms with Crippen LogP contribution in [0.1, 0.15) is 0 Å². The van der Waals surface area contributed by atoms with Crippen LogP contribution in [0.5, 0.6) is 0 Å². The van der Waals surface area contributed by atoms with Crippen LogP contribution >= 0.6 is 23.4 Å².